The maximum Gasteiger partial charge on any atom is 0.262 e. The number of carbonyl (C=O) groups is 1. The highest BCUT2D eigenvalue weighted by Crippen LogP contribution is 2.38. The Kier molecular flexibility index (Phi) is 4.67. The molecule has 2 aliphatic rings. The van der Waals surface area contributed by atoms with Gasteiger partial charge in [0.05, 0.1) is 16.3 Å². The molecule has 0 atom stereocenters. The summed E-state index contributed by atoms with van der Waals surface area (Å²) >= 11 is 5.58. The van der Waals surface area contributed by atoms with Crippen LogP contribution in [-0.2, 0) is 21.2 Å². The lowest BCUT2D eigenvalue weighted by Crippen LogP contribution is -2.25. The summed E-state index contributed by atoms with van der Waals surface area (Å²) in [7, 11) is -4.30. The molecule has 2 aromatic rings. The van der Waals surface area contributed by atoms with Gasteiger partial charge in [-0.3, -0.25) is 9.52 Å². The maximum atomic E-state index is 14.0. The zero-order valence-corrected chi connectivity index (χ0v) is 16.1. The molecule has 148 valence electrons. The molecule has 1 amide bonds. The SMILES string of the molecule is O=C1CCCN1c1cc(S(=O)(=O)Nc2c(F)cc(Cl)cc2F)cc2c1NCC2. The number of amides is 1. The molecular formula is C18H16ClF2N3O3S. The van der Waals surface area contributed by atoms with E-state index in [0.717, 1.165) is 23.4 Å². The van der Waals surface area contributed by atoms with Crippen molar-refractivity contribution >= 4 is 44.6 Å². The van der Waals surface area contributed by atoms with E-state index in [0.29, 0.717) is 38.0 Å². The number of hydrogen-bond donors (Lipinski definition) is 2. The summed E-state index contributed by atoms with van der Waals surface area (Å²) in [4.78, 5) is 13.5. The van der Waals surface area contributed by atoms with Gasteiger partial charge in [-0.05, 0) is 42.7 Å². The molecule has 10 heteroatoms. The Morgan fingerprint density at radius 2 is 1.82 bits per heavy atom. The number of fused-ring (bicyclic) bond motifs is 1. The van der Waals surface area contributed by atoms with Crippen molar-refractivity contribution in [2.75, 3.05) is 28.0 Å². The van der Waals surface area contributed by atoms with Crippen LogP contribution in [0.25, 0.3) is 0 Å². The average molecular weight is 428 g/mol. The van der Waals surface area contributed by atoms with E-state index in [1.54, 1.807) is 4.90 Å². The molecule has 6 nitrogen and oxygen atoms in total. The molecule has 28 heavy (non-hydrogen) atoms. The molecule has 0 aromatic heterocycles. The number of nitrogens with zero attached hydrogens (tertiary/aromatic N) is 1. The van der Waals surface area contributed by atoms with Gasteiger partial charge in [0, 0.05) is 24.5 Å². The van der Waals surface area contributed by atoms with Gasteiger partial charge in [0.2, 0.25) is 5.91 Å². The van der Waals surface area contributed by atoms with E-state index in [-0.39, 0.29) is 15.8 Å². The molecule has 0 bridgehead atoms. The minimum Gasteiger partial charge on any atom is -0.383 e. The van der Waals surface area contributed by atoms with E-state index >= 15 is 0 Å². The van der Waals surface area contributed by atoms with Crippen LogP contribution in [0.3, 0.4) is 0 Å². The van der Waals surface area contributed by atoms with E-state index in [4.69, 9.17) is 11.6 Å². The van der Waals surface area contributed by atoms with Gasteiger partial charge in [-0.1, -0.05) is 11.6 Å². The van der Waals surface area contributed by atoms with Crippen molar-refractivity contribution in [1.82, 2.24) is 0 Å². The summed E-state index contributed by atoms with van der Waals surface area (Å²) in [5.41, 5.74) is 1.12. The summed E-state index contributed by atoms with van der Waals surface area (Å²) in [6.45, 7) is 1.10. The zero-order valence-electron chi connectivity index (χ0n) is 14.6. The molecule has 4 rings (SSSR count). The third-order valence-electron chi connectivity index (χ3n) is 4.79. The topological polar surface area (TPSA) is 78.5 Å². The molecule has 2 heterocycles. The number of sulfonamides is 1. The van der Waals surface area contributed by atoms with Gasteiger partial charge in [0.25, 0.3) is 10.0 Å². The van der Waals surface area contributed by atoms with Crippen LogP contribution in [0.2, 0.25) is 5.02 Å². The molecule has 1 saturated heterocycles. The van der Waals surface area contributed by atoms with Crippen molar-refractivity contribution in [2.45, 2.75) is 24.2 Å². The fourth-order valence-corrected chi connectivity index (χ4v) is 4.82. The zero-order chi connectivity index (χ0) is 20.1. The van der Waals surface area contributed by atoms with Gasteiger partial charge in [-0.25, -0.2) is 17.2 Å². The molecule has 0 aliphatic carbocycles. The smallest absolute Gasteiger partial charge is 0.262 e. The van der Waals surface area contributed by atoms with Crippen LogP contribution in [0, 0.1) is 11.6 Å². The Morgan fingerprint density at radius 1 is 1.11 bits per heavy atom. The molecule has 0 radical (unpaired) electrons. The second-order valence-corrected chi connectivity index (χ2v) is 8.77. The van der Waals surface area contributed by atoms with Crippen LogP contribution in [0.4, 0.5) is 25.8 Å². The van der Waals surface area contributed by atoms with Crippen LogP contribution >= 0.6 is 11.6 Å². The number of rotatable bonds is 4. The Balaban J connectivity index is 1.77. The van der Waals surface area contributed by atoms with Crippen LogP contribution in [-0.4, -0.2) is 27.4 Å². The fraction of sp³-hybridized carbons (Fsp3) is 0.278. The summed E-state index contributed by atoms with van der Waals surface area (Å²) in [6, 6.07) is 4.45. The quantitative estimate of drug-likeness (QED) is 0.782. The van der Waals surface area contributed by atoms with Gasteiger partial charge in [-0.15, -0.1) is 0 Å². The molecule has 0 saturated carbocycles. The van der Waals surface area contributed by atoms with E-state index < -0.39 is 27.3 Å². The largest absolute Gasteiger partial charge is 0.383 e. The number of anilines is 3. The van der Waals surface area contributed by atoms with E-state index in [1.165, 1.54) is 12.1 Å². The first-order valence-corrected chi connectivity index (χ1v) is 10.5. The Hall–Kier alpha value is -2.39. The second-order valence-electron chi connectivity index (χ2n) is 6.65. The molecule has 0 spiro atoms. The molecule has 2 aliphatic heterocycles. The van der Waals surface area contributed by atoms with Crippen molar-refractivity contribution in [2.24, 2.45) is 0 Å². The maximum absolute atomic E-state index is 14.0. The van der Waals surface area contributed by atoms with Gasteiger partial charge in [0.1, 0.15) is 5.69 Å². The number of carbonyl (C=O) groups excluding carboxylic acids is 1. The van der Waals surface area contributed by atoms with Crippen molar-refractivity contribution in [1.29, 1.82) is 0 Å². The standard InChI is InChI=1S/C18H16ClF2N3O3S/c19-11-7-13(20)18(14(21)8-11)23-28(26,27)12-6-10-3-4-22-17(10)15(9-12)24-5-1-2-16(24)25/h6-9,22-23H,1-5H2. The van der Waals surface area contributed by atoms with Crippen molar-refractivity contribution in [3.05, 3.63) is 46.5 Å². The summed E-state index contributed by atoms with van der Waals surface area (Å²) in [5, 5.41) is 2.99. The van der Waals surface area contributed by atoms with Crippen LogP contribution < -0.4 is 14.9 Å². The van der Waals surface area contributed by atoms with Crippen LogP contribution in [0.1, 0.15) is 18.4 Å². The highest BCUT2D eigenvalue weighted by Gasteiger charge is 2.30. The number of halogens is 3. The molecule has 2 N–H and O–H groups in total. The van der Waals surface area contributed by atoms with Gasteiger partial charge in [0.15, 0.2) is 11.6 Å². The molecule has 2 aromatic carbocycles. The minimum absolute atomic E-state index is 0.0896. The molecular weight excluding hydrogens is 412 g/mol. The first-order chi connectivity index (χ1) is 13.3. The first-order valence-electron chi connectivity index (χ1n) is 8.65. The third kappa shape index (κ3) is 3.29. The third-order valence-corrected chi connectivity index (χ3v) is 6.33. The summed E-state index contributed by atoms with van der Waals surface area (Å²) in [6.07, 6.45) is 1.66. The van der Waals surface area contributed by atoms with Gasteiger partial charge in [-0.2, -0.15) is 0 Å². The van der Waals surface area contributed by atoms with Crippen molar-refractivity contribution in [3.63, 3.8) is 0 Å². The lowest BCUT2D eigenvalue weighted by atomic mass is 10.1. The average Bonchev–Trinajstić information content (AvgIpc) is 3.26. The number of nitrogens with one attached hydrogen (secondary N) is 2. The van der Waals surface area contributed by atoms with E-state index in [1.807, 2.05) is 4.72 Å². The number of benzene rings is 2. The van der Waals surface area contributed by atoms with Crippen LogP contribution in [0.15, 0.2) is 29.2 Å². The van der Waals surface area contributed by atoms with Crippen molar-refractivity contribution < 1.29 is 22.0 Å². The lowest BCUT2D eigenvalue weighted by molar-refractivity contribution is -0.117. The predicted molar refractivity (Wildman–Crippen MR) is 102 cm³/mol. The monoisotopic (exact) mass is 427 g/mol. The van der Waals surface area contributed by atoms with Gasteiger partial charge >= 0.3 is 0 Å². The van der Waals surface area contributed by atoms with E-state index in [9.17, 15) is 22.0 Å². The Labute approximate surface area is 165 Å². The summed E-state index contributed by atoms with van der Waals surface area (Å²) in [5.74, 6) is -2.33. The number of hydrogen-bond acceptors (Lipinski definition) is 4. The molecule has 0 unspecified atom stereocenters. The Bertz CT molecular complexity index is 1070. The van der Waals surface area contributed by atoms with Gasteiger partial charge < -0.3 is 10.2 Å². The fourth-order valence-electron chi connectivity index (χ4n) is 3.48. The van der Waals surface area contributed by atoms with E-state index in [2.05, 4.69) is 5.32 Å². The van der Waals surface area contributed by atoms with Crippen LogP contribution in [0.5, 0.6) is 0 Å². The predicted octanol–water partition coefficient (Wildman–Crippen LogP) is 3.51. The first kappa shape index (κ1) is 18.9. The normalized spacial score (nSPS) is 16.2. The van der Waals surface area contributed by atoms with Crippen molar-refractivity contribution in [3.8, 4) is 0 Å². The molecule has 1 fully saturated rings. The summed E-state index contributed by atoms with van der Waals surface area (Å²) < 4.78 is 55.7. The highest BCUT2D eigenvalue weighted by atomic mass is 35.5. The highest BCUT2D eigenvalue weighted by molar-refractivity contribution is 7.92. The minimum atomic E-state index is -4.30. The second kappa shape index (κ2) is 6.89. The Morgan fingerprint density at radius 3 is 2.46 bits per heavy atom. The lowest BCUT2D eigenvalue weighted by Gasteiger charge is -2.21.